The van der Waals surface area contributed by atoms with Crippen LogP contribution in [0.5, 0.6) is 0 Å². The molecule has 0 N–H and O–H groups in total. The number of benzene rings is 1. The van der Waals surface area contributed by atoms with Gasteiger partial charge in [0.2, 0.25) is 0 Å². The zero-order valence-corrected chi connectivity index (χ0v) is 10.6. The zero-order valence-electron chi connectivity index (χ0n) is 8.97. The Bertz CT molecular complexity index is 474. The minimum Gasteiger partial charge on any atom is -0.293 e. The van der Waals surface area contributed by atoms with E-state index >= 15 is 0 Å². The van der Waals surface area contributed by atoms with Crippen molar-refractivity contribution in [1.82, 2.24) is 0 Å². The predicted octanol–water partition coefficient (Wildman–Crippen LogP) is 4.03. The molecule has 1 aromatic carbocycles. The maximum absolute atomic E-state index is 11.9. The number of Topliss-reactive ketones (excluding diaryl/α,β-unsaturated/α-hetero) is 1. The number of hydrogen-bond donors (Lipinski definition) is 0. The van der Waals surface area contributed by atoms with E-state index in [0.29, 0.717) is 5.75 Å². The van der Waals surface area contributed by atoms with Crippen molar-refractivity contribution in [3.8, 4) is 0 Å². The quantitative estimate of drug-likeness (QED) is 0.600. The van der Waals surface area contributed by atoms with Gasteiger partial charge in [-0.1, -0.05) is 29.8 Å². The molecular formula is C13H12OS2. The number of thiophene rings is 1. The van der Waals surface area contributed by atoms with E-state index in [0.717, 1.165) is 11.1 Å². The highest BCUT2D eigenvalue weighted by molar-refractivity contribution is 8.01. The number of carbonyl (C=O) groups is 1. The molecule has 0 bridgehead atoms. The van der Waals surface area contributed by atoms with Crippen LogP contribution in [0.4, 0.5) is 0 Å². The number of rotatable bonds is 4. The summed E-state index contributed by atoms with van der Waals surface area (Å²) in [5, 5.41) is 2.03. The second-order valence-electron chi connectivity index (χ2n) is 3.51. The topological polar surface area (TPSA) is 17.1 Å². The number of hydrogen-bond acceptors (Lipinski definition) is 3. The number of carbonyl (C=O) groups excluding carboxylic acids is 1. The van der Waals surface area contributed by atoms with Gasteiger partial charge >= 0.3 is 0 Å². The Kier molecular flexibility index (Phi) is 3.80. The van der Waals surface area contributed by atoms with E-state index in [2.05, 4.69) is 0 Å². The monoisotopic (exact) mass is 248 g/mol. The standard InChI is InChI=1S/C13H12OS2/c1-10-4-2-5-11(8-10)12(14)9-16-13-6-3-7-15-13/h2-8H,9H2,1H3. The highest BCUT2D eigenvalue weighted by atomic mass is 32.2. The van der Waals surface area contributed by atoms with Gasteiger partial charge in [-0.3, -0.25) is 4.79 Å². The smallest absolute Gasteiger partial charge is 0.173 e. The molecular weight excluding hydrogens is 236 g/mol. The predicted molar refractivity (Wildman–Crippen MR) is 70.6 cm³/mol. The van der Waals surface area contributed by atoms with Crippen molar-refractivity contribution in [3.05, 3.63) is 52.9 Å². The molecule has 0 saturated heterocycles. The molecule has 0 aliphatic rings. The zero-order chi connectivity index (χ0) is 11.4. The van der Waals surface area contributed by atoms with E-state index in [4.69, 9.17) is 0 Å². The summed E-state index contributed by atoms with van der Waals surface area (Å²) in [6.07, 6.45) is 0. The maximum atomic E-state index is 11.9. The van der Waals surface area contributed by atoms with Crippen LogP contribution in [0.1, 0.15) is 15.9 Å². The Morgan fingerprint density at radius 3 is 2.88 bits per heavy atom. The number of thioether (sulfide) groups is 1. The van der Waals surface area contributed by atoms with Gasteiger partial charge in [-0.05, 0) is 24.4 Å². The molecule has 0 aliphatic carbocycles. The van der Waals surface area contributed by atoms with E-state index < -0.39 is 0 Å². The van der Waals surface area contributed by atoms with Crippen LogP contribution in [0.25, 0.3) is 0 Å². The molecule has 2 aromatic rings. The molecule has 0 spiro atoms. The second-order valence-corrected chi connectivity index (χ2v) is 5.74. The van der Waals surface area contributed by atoms with Crippen molar-refractivity contribution >= 4 is 28.9 Å². The Balaban J connectivity index is 1.98. The molecule has 1 aromatic heterocycles. The van der Waals surface area contributed by atoms with Gasteiger partial charge in [-0.25, -0.2) is 0 Å². The Labute approximate surface area is 104 Å². The molecule has 1 nitrogen and oxygen atoms in total. The fourth-order valence-electron chi connectivity index (χ4n) is 1.38. The van der Waals surface area contributed by atoms with Crippen LogP contribution in [0.3, 0.4) is 0 Å². The molecule has 82 valence electrons. The molecule has 0 aliphatic heterocycles. The fourth-order valence-corrected chi connectivity index (χ4v) is 3.06. The van der Waals surface area contributed by atoms with E-state index in [-0.39, 0.29) is 5.78 Å². The molecule has 0 saturated carbocycles. The number of ketones is 1. The largest absolute Gasteiger partial charge is 0.293 e. The average Bonchev–Trinajstić information content (AvgIpc) is 2.78. The molecule has 16 heavy (non-hydrogen) atoms. The van der Waals surface area contributed by atoms with Gasteiger partial charge in [0.15, 0.2) is 5.78 Å². The lowest BCUT2D eigenvalue weighted by Gasteiger charge is -2.00. The lowest BCUT2D eigenvalue weighted by molar-refractivity contribution is 0.102. The van der Waals surface area contributed by atoms with Gasteiger partial charge in [0.25, 0.3) is 0 Å². The first-order valence-corrected chi connectivity index (χ1v) is 6.88. The van der Waals surface area contributed by atoms with Crippen molar-refractivity contribution in [2.75, 3.05) is 5.75 Å². The minimum absolute atomic E-state index is 0.196. The first kappa shape index (κ1) is 11.4. The van der Waals surface area contributed by atoms with E-state index in [1.54, 1.807) is 23.1 Å². The maximum Gasteiger partial charge on any atom is 0.173 e. The molecule has 1 heterocycles. The molecule has 0 fully saturated rings. The van der Waals surface area contributed by atoms with Crippen LogP contribution in [0.15, 0.2) is 46.0 Å². The Morgan fingerprint density at radius 1 is 1.31 bits per heavy atom. The highest BCUT2D eigenvalue weighted by Gasteiger charge is 2.06. The Morgan fingerprint density at radius 2 is 2.19 bits per heavy atom. The number of aryl methyl sites for hydroxylation is 1. The summed E-state index contributed by atoms with van der Waals surface area (Å²) in [6, 6.07) is 11.8. The summed E-state index contributed by atoms with van der Waals surface area (Å²) >= 11 is 3.28. The van der Waals surface area contributed by atoms with Gasteiger partial charge in [-0.2, -0.15) is 0 Å². The van der Waals surface area contributed by atoms with Crippen LogP contribution in [0, 0.1) is 6.92 Å². The SMILES string of the molecule is Cc1cccc(C(=O)CSc2cccs2)c1. The third-order valence-corrected chi connectivity index (χ3v) is 4.31. The third-order valence-electron chi connectivity index (χ3n) is 2.18. The van der Waals surface area contributed by atoms with Crippen LogP contribution in [0.2, 0.25) is 0 Å². The third kappa shape index (κ3) is 2.97. The summed E-state index contributed by atoms with van der Waals surface area (Å²) in [5.41, 5.74) is 1.94. The first-order chi connectivity index (χ1) is 7.75. The van der Waals surface area contributed by atoms with Crippen LogP contribution < -0.4 is 0 Å². The summed E-state index contributed by atoms with van der Waals surface area (Å²) in [4.78, 5) is 11.9. The van der Waals surface area contributed by atoms with E-state index in [1.807, 2.05) is 48.7 Å². The molecule has 0 amide bonds. The normalized spacial score (nSPS) is 10.3. The van der Waals surface area contributed by atoms with Crippen LogP contribution in [-0.4, -0.2) is 11.5 Å². The molecule has 0 unspecified atom stereocenters. The van der Waals surface area contributed by atoms with Gasteiger partial charge in [-0.15, -0.1) is 23.1 Å². The summed E-state index contributed by atoms with van der Waals surface area (Å²) in [7, 11) is 0. The highest BCUT2D eigenvalue weighted by Crippen LogP contribution is 2.24. The summed E-state index contributed by atoms with van der Waals surface area (Å²) in [6.45, 7) is 2.00. The summed E-state index contributed by atoms with van der Waals surface area (Å²) in [5.74, 6) is 0.714. The van der Waals surface area contributed by atoms with E-state index in [1.165, 1.54) is 4.21 Å². The van der Waals surface area contributed by atoms with Gasteiger partial charge < -0.3 is 0 Å². The van der Waals surface area contributed by atoms with Crippen LogP contribution >= 0.6 is 23.1 Å². The molecule has 2 rings (SSSR count). The molecule has 0 radical (unpaired) electrons. The second kappa shape index (κ2) is 5.32. The Hall–Kier alpha value is -1.06. The lowest BCUT2D eigenvalue weighted by atomic mass is 10.1. The molecule has 3 heteroatoms. The van der Waals surface area contributed by atoms with Crippen molar-refractivity contribution in [2.24, 2.45) is 0 Å². The fraction of sp³-hybridized carbons (Fsp3) is 0.154. The van der Waals surface area contributed by atoms with Gasteiger partial charge in [0.1, 0.15) is 0 Å². The van der Waals surface area contributed by atoms with Crippen molar-refractivity contribution in [2.45, 2.75) is 11.1 Å². The molecule has 0 atom stereocenters. The summed E-state index contributed by atoms with van der Waals surface area (Å²) < 4.78 is 1.20. The van der Waals surface area contributed by atoms with Crippen molar-refractivity contribution < 1.29 is 4.79 Å². The van der Waals surface area contributed by atoms with E-state index in [9.17, 15) is 4.79 Å². The minimum atomic E-state index is 0.196. The van der Waals surface area contributed by atoms with Gasteiger partial charge in [0.05, 0.1) is 9.96 Å². The van der Waals surface area contributed by atoms with Crippen molar-refractivity contribution in [1.29, 1.82) is 0 Å². The lowest BCUT2D eigenvalue weighted by Crippen LogP contribution is -2.01. The first-order valence-electron chi connectivity index (χ1n) is 5.02. The van der Waals surface area contributed by atoms with Crippen molar-refractivity contribution in [3.63, 3.8) is 0 Å². The van der Waals surface area contributed by atoms with Crippen LogP contribution in [-0.2, 0) is 0 Å². The van der Waals surface area contributed by atoms with Gasteiger partial charge in [0, 0.05) is 5.56 Å². The average molecular weight is 248 g/mol.